The average Bonchev–Trinajstić information content (AvgIpc) is 3.19. The first-order chi connectivity index (χ1) is 15.9. The minimum atomic E-state index is -0.416. The van der Waals surface area contributed by atoms with Gasteiger partial charge in [0.25, 0.3) is 0 Å². The van der Waals surface area contributed by atoms with E-state index in [1.165, 1.54) is 43.5 Å². The van der Waals surface area contributed by atoms with Crippen molar-refractivity contribution in [2.45, 2.75) is 13.3 Å². The number of carbonyl (C=O) groups excluding carboxylic acids is 2. The van der Waals surface area contributed by atoms with Crippen molar-refractivity contribution in [3.8, 4) is 22.6 Å². The Kier molecular flexibility index (Phi) is 6.41. The fourth-order valence-electron chi connectivity index (χ4n) is 3.10. The highest BCUT2D eigenvalue weighted by molar-refractivity contribution is 6.31. The van der Waals surface area contributed by atoms with Crippen molar-refractivity contribution < 1.29 is 18.5 Å². The lowest BCUT2D eigenvalue weighted by atomic mass is 10.1. The first kappa shape index (κ1) is 22.1. The fourth-order valence-corrected chi connectivity index (χ4v) is 3.30. The molecule has 0 spiro atoms. The van der Waals surface area contributed by atoms with Crippen LogP contribution in [-0.2, 0) is 16.0 Å². The molecule has 8 nitrogen and oxygen atoms in total. The third kappa shape index (κ3) is 5.21. The lowest BCUT2D eigenvalue weighted by Gasteiger charge is -2.08. The van der Waals surface area contributed by atoms with Gasteiger partial charge in [-0.15, -0.1) is 0 Å². The third-order valence-corrected chi connectivity index (χ3v) is 4.92. The zero-order valence-corrected chi connectivity index (χ0v) is 18.1. The van der Waals surface area contributed by atoms with Crippen LogP contribution in [-0.4, -0.2) is 26.9 Å². The van der Waals surface area contributed by atoms with E-state index in [-0.39, 0.29) is 35.4 Å². The summed E-state index contributed by atoms with van der Waals surface area (Å²) in [5.74, 6) is -0.713. The number of anilines is 2. The maximum absolute atomic E-state index is 13.4. The summed E-state index contributed by atoms with van der Waals surface area (Å²) in [4.78, 5) is 32.7. The van der Waals surface area contributed by atoms with Crippen molar-refractivity contribution >= 4 is 35.1 Å². The molecule has 0 bridgehead atoms. The molecule has 0 aliphatic rings. The Morgan fingerprint density at radius 2 is 1.82 bits per heavy atom. The molecule has 2 heterocycles. The predicted octanol–water partition coefficient (Wildman–Crippen LogP) is 4.73. The number of rotatable bonds is 6. The van der Waals surface area contributed by atoms with Crippen LogP contribution in [0.2, 0.25) is 5.02 Å². The molecule has 10 heteroatoms. The summed E-state index contributed by atoms with van der Waals surface area (Å²) in [6.45, 7) is 1.35. The summed E-state index contributed by atoms with van der Waals surface area (Å²) in [6.07, 6.45) is 1.45. The summed E-state index contributed by atoms with van der Waals surface area (Å²) in [7, 11) is 0. The molecular formula is C23H17ClFN5O3. The molecule has 2 aromatic heterocycles. The Hall–Kier alpha value is -4.11. The molecule has 4 aromatic rings. The van der Waals surface area contributed by atoms with Crippen LogP contribution in [0.25, 0.3) is 22.6 Å². The quantitative estimate of drug-likeness (QED) is 0.426. The van der Waals surface area contributed by atoms with Gasteiger partial charge in [-0.25, -0.2) is 14.4 Å². The molecule has 4 rings (SSSR count). The van der Waals surface area contributed by atoms with Gasteiger partial charge in [0.15, 0.2) is 5.82 Å². The van der Waals surface area contributed by atoms with Gasteiger partial charge < -0.3 is 9.84 Å². The van der Waals surface area contributed by atoms with Crippen LogP contribution in [0, 0.1) is 5.82 Å². The van der Waals surface area contributed by atoms with Crippen molar-refractivity contribution in [1.82, 2.24) is 15.1 Å². The maximum atomic E-state index is 13.4. The number of amides is 2. The molecule has 0 saturated heterocycles. The second kappa shape index (κ2) is 9.58. The van der Waals surface area contributed by atoms with Crippen LogP contribution in [0.1, 0.15) is 12.5 Å². The largest absolute Gasteiger partial charge is 0.337 e. The van der Waals surface area contributed by atoms with E-state index in [4.69, 9.17) is 16.1 Å². The lowest BCUT2D eigenvalue weighted by molar-refractivity contribution is -0.116. The van der Waals surface area contributed by atoms with Crippen LogP contribution >= 0.6 is 11.6 Å². The normalized spacial score (nSPS) is 10.6. The molecule has 0 aliphatic heterocycles. The topological polar surface area (TPSA) is 110 Å². The summed E-state index contributed by atoms with van der Waals surface area (Å²) in [5, 5.41) is 9.78. The van der Waals surface area contributed by atoms with Gasteiger partial charge in [-0.2, -0.15) is 0 Å². The second-order valence-corrected chi connectivity index (χ2v) is 7.41. The van der Waals surface area contributed by atoms with Crippen LogP contribution in [0.5, 0.6) is 0 Å². The van der Waals surface area contributed by atoms with Crippen LogP contribution < -0.4 is 10.6 Å². The van der Waals surface area contributed by atoms with Crippen molar-refractivity contribution in [1.29, 1.82) is 0 Å². The predicted molar refractivity (Wildman–Crippen MR) is 121 cm³/mol. The van der Waals surface area contributed by atoms with E-state index >= 15 is 0 Å². The molecule has 0 atom stereocenters. The minimum Gasteiger partial charge on any atom is -0.337 e. The Morgan fingerprint density at radius 1 is 1.06 bits per heavy atom. The number of hydrogen-bond donors (Lipinski definition) is 2. The highest BCUT2D eigenvalue weighted by atomic mass is 35.5. The van der Waals surface area contributed by atoms with E-state index in [0.29, 0.717) is 21.8 Å². The highest BCUT2D eigenvalue weighted by Gasteiger charge is 2.24. The minimum absolute atomic E-state index is 0.00150. The molecule has 33 heavy (non-hydrogen) atoms. The summed E-state index contributed by atoms with van der Waals surface area (Å²) in [5.41, 5.74) is 1.74. The van der Waals surface area contributed by atoms with E-state index < -0.39 is 11.7 Å². The molecule has 2 N–H and O–H groups in total. The number of benzene rings is 2. The van der Waals surface area contributed by atoms with Crippen LogP contribution in [0.3, 0.4) is 0 Å². The van der Waals surface area contributed by atoms with Crippen molar-refractivity contribution in [3.63, 3.8) is 0 Å². The van der Waals surface area contributed by atoms with E-state index in [9.17, 15) is 14.0 Å². The van der Waals surface area contributed by atoms with Gasteiger partial charge in [-0.3, -0.25) is 14.9 Å². The van der Waals surface area contributed by atoms with E-state index in [1.54, 1.807) is 24.3 Å². The number of carbonyl (C=O) groups is 2. The molecule has 166 valence electrons. The zero-order valence-electron chi connectivity index (χ0n) is 17.3. The van der Waals surface area contributed by atoms with E-state index in [1.807, 2.05) is 0 Å². The summed E-state index contributed by atoms with van der Waals surface area (Å²) < 4.78 is 18.9. The molecule has 0 unspecified atom stereocenters. The number of nitrogens with one attached hydrogen (secondary N) is 2. The first-order valence-corrected chi connectivity index (χ1v) is 10.2. The Bertz CT molecular complexity index is 1320. The number of nitrogens with zero attached hydrogens (tertiary/aromatic N) is 3. The van der Waals surface area contributed by atoms with Gasteiger partial charge >= 0.3 is 0 Å². The Morgan fingerprint density at radius 3 is 2.55 bits per heavy atom. The van der Waals surface area contributed by atoms with Gasteiger partial charge in [0, 0.05) is 23.7 Å². The molecular weight excluding hydrogens is 449 g/mol. The second-order valence-electron chi connectivity index (χ2n) is 7.01. The molecule has 2 aromatic carbocycles. The van der Waals surface area contributed by atoms with Gasteiger partial charge in [0.05, 0.1) is 6.42 Å². The number of hydrogen-bond acceptors (Lipinski definition) is 6. The van der Waals surface area contributed by atoms with Crippen molar-refractivity contribution in [3.05, 3.63) is 77.2 Å². The summed E-state index contributed by atoms with van der Waals surface area (Å²) >= 11 is 6.15. The van der Waals surface area contributed by atoms with Crippen molar-refractivity contribution in [2.24, 2.45) is 0 Å². The maximum Gasteiger partial charge on any atom is 0.243 e. The van der Waals surface area contributed by atoms with E-state index in [0.717, 1.165) is 0 Å². The summed E-state index contributed by atoms with van der Waals surface area (Å²) in [6, 6.07) is 14.1. The number of aromatic nitrogens is 3. The fraction of sp³-hybridized carbons (Fsp3) is 0.0870. The van der Waals surface area contributed by atoms with Crippen molar-refractivity contribution in [2.75, 3.05) is 10.6 Å². The number of halogens is 2. The first-order valence-electron chi connectivity index (χ1n) is 9.80. The Balaban J connectivity index is 1.73. The third-order valence-electron chi connectivity index (χ3n) is 4.55. The monoisotopic (exact) mass is 465 g/mol. The molecule has 0 aliphatic carbocycles. The SMILES string of the molecule is CC(=O)Nc1ccnc(-c2c(-c3ccc(F)cc3)noc2NC(=O)Cc2ccccc2Cl)n1. The van der Waals surface area contributed by atoms with Crippen LogP contribution in [0.4, 0.5) is 16.1 Å². The van der Waals surface area contributed by atoms with E-state index in [2.05, 4.69) is 25.8 Å². The molecule has 0 radical (unpaired) electrons. The Labute approximate surface area is 192 Å². The smallest absolute Gasteiger partial charge is 0.243 e. The van der Waals surface area contributed by atoms with Gasteiger partial charge in [-0.05, 0) is 42.0 Å². The van der Waals surface area contributed by atoms with Gasteiger partial charge in [0.1, 0.15) is 22.9 Å². The van der Waals surface area contributed by atoms with Crippen LogP contribution in [0.15, 0.2) is 65.3 Å². The van der Waals surface area contributed by atoms with Gasteiger partial charge in [-0.1, -0.05) is 35.0 Å². The zero-order chi connectivity index (χ0) is 23.4. The highest BCUT2D eigenvalue weighted by Crippen LogP contribution is 2.36. The lowest BCUT2D eigenvalue weighted by Crippen LogP contribution is -2.15. The molecule has 0 saturated carbocycles. The average molecular weight is 466 g/mol. The van der Waals surface area contributed by atoms with Gasteiger partial charge in [0.2, 0.25) is 17.7 Å². The molecule has 0 fully saturated rings. The molecule has 2 amide bonds. The standard InChI is InChI=1S/C23H17ClFN5O3/c1-13(31)27-18-10-11-26-22(28-18)20-21(14-6-8-16(25)9-7-14)30-33-23(20)29-19(32)12-15-4-2-3-5-17(15)24/h2-11H,12H2,1H3,(H,29,32)(H,26,27,28,31).